The van der Waals surface area contributed by atoms with E-state index in [1.807, 2.05) is 6.07 Å². The minimum atomic E-state index is 0.0361. The number of amides is 1. The molecule has 1 aromatic carbocycles. The molecule has 0 unspecified atom stereocenters. The van der Waals surface area contributed by atoms with Crippen molar-refractivity contribution in [1.29, 1.82) is 0 Å². The summed E-state index contributed by atoms with van der Waals surface area (Å²) < 4.78 is 0. The van der Waals surface area contributed by atoms with Crippen LogP contribution < -0.4 is 4.90 Å². The number of halogens is 2. The molecule has 19 heavy (non-hydrogen) atoms. The van der Waals surface area contributed by atoms with Crippen molar-refractivity contribution in [2.24, 2.45) is 0 Å². The van der Waals surface area contributed by atoms with Crippen molar-refractivity contribution in [2.45, 2.75) is 13.0 Å². The molecule has 2 heterocycles. The molecule has 96 valence electrons. The molecule has 1 aromatic heterocycles. The van der Waals surface area contributed by atoms with Gasteiger partial charge in [0.05, 0.1) is 18.7 Å². The maximum absolute atomic E-state index is 12.0. The molecule has 6 heteroatoms. The fourth-order valence-electron chi connectivity index (χ4n) is 2.09. The number of hydrogen-bond acceptors (Lipinski definition) is 3. The highest BCUT2D eigenvalue weighted by Crippen LogP contribution is 2.32. The number of fused-ring (bicyclic) bond motifs is 1. The molecule has 0 spiro atoms. The third kappa shape index (κ3) is 2.41. The first-order valence-electron chi connectivity index (χ1n) is 5.70. The summed E-state index contributed by atoms with van der Waals surface area (Å²) in [5.41, 5.74) is 2.51. The SMILES string of the molecule is O=C1Cc2ccc(Cl)cc2N1Cc1ccc(Cl)nn1. The average molecular weight is 294 g/mol. The van der Waals surface area contributed by atoms with Crippen LogP contribution in [0.2, 0.25) is 10.2 Å². The number of anilines is 1. The summed E-state index contributed by atoms with van der Waals surface area (Å²) in [7, 11) is 0. The van der Waals surface area contributed by atoms with Gasteiger partial charge >= 0.3 is 0 Å². The van der Waals surface area contributed by atoms with Gasteiger partial charge in [0, 0.05) is 10.7 Å². The third-order valence-electron chi connectivity index (χ3n) is 2.99. The first-order chi connectivity index (χ1) is 9.13. The lowest BCUT2D eigenvalue weighted by molar-refractivity contribution is -0.117. The fourth-order valence-corrected chi connectivity index (χ4v) is 2.36. The van der Waals surface area contributed by atoms with Crippen LogP contribution in [-0.4, -0.2) is 16.1 Å². The van der Waals surface area contributed by atoms with Crippen LogP contribution in [-0.2, 0) is 17.8 Å². The lowest BCUT2D eigenvalue weighted by Gasteiger charge is -2.16. The van der Waals surface area contributed by atoms with Gasteiger partial charge in [-0.2, -0.15) is 5.10 Å². The molecule has 0 aliphatic carbocycles. The summed E-state index contributed by atoms with van der Waals surface area (Å²) in [5.74, 6) is 0.0361. The zero-order chi connectivity index (χ0) is 13.4. The molecule has 0 N–H and O–H groups in total. The number of carbonyl (C=O) groups is 1. The lowest BCUT2D eigenvalue weighted by Crippen LogP contribution is -2.26. The first-order valence-corrected chi connectivity index (χ1v) is 6.46. The Hall–Kier alpha value is -1.65. The van der Waals surface area contributed by atoms with Gasteiger partial charge in [0.2, 0.25) is 5.91 Å². The second kappa shape index (κ2) is 4.79. The molecular weight excluding hydrogens is 285 g/mol. The molecule has 0 radical (unpaired) electrons. The quantitative estimate of drug-likeness (QED) is 0.855. The minimum absolute atomic E-state index is 0.0361. The summed E-state index contributed by atoms with van der Waals surface area (Å²) in [6, 6.07) is 8.88. The molecule has 0 saturated carbocycles. The number of aromatic nitrogens is 2. The zero-order valence-electron chi connectivity index (χ0n) is 9.81. The van der Waals surface area contributed by atoms with Crippen LogP contribution in [0.5, 0.6) is 0 Å². The summed E-state index contributed by atoms with van der Waals surface area (Å²) >= 11 is 11.7. The van der Waals surface area contributed by atoms with Crippen LogP contribution in [0.3, 0.4) is 0 Å². The number of nitrogens with zero attached hydrogens (tertiary/aromatic N) is 3. The van der Waals surface area contributed by atoms with E-state index < -0.39 is 0 Å². The van der Waals surface area contributed by atoms with Gasteiger partial charge in [0.1, 0.15) is 0 Å². The highest BCUT2D eigenvalue weighted by molar-refractivity contribution is 6.31. The van der Waals surface area contributed by atoms with Crippen LogP contribution in [0.15, 0.2) is 30.3 Å². The molecule has 3 rings (SSSR count). The Kier molecular flexibility index (Phi) is 3.12. The molecule has 0 atom stereocenters. The molecule has 1 aliphatic rings. The second-order valence-corrected chi connectivity index (χ2v) is 5.10. The molecule has 0 fully saturated rings. The van der Waals surface area contributed by atoms with Crippen LogP contribution in [0, 0.1) is 0 Å². The van der Waals surface area contributed by atoms with E-state index in [9.17, 15) is 4.79 Å². The van der Waals surface area contributed by atoms with Crippen molar-refractivity contribution >= 4 is 34.8 Å². The molecule has 1 amide bonds. The Bertz CT molecular complexity index is 643. The van der Waals surface area contributed by atoms with Gasteiger partial charge in [-0.05, 0) is 29.8 Å². The van der Waals surface area contributed by atoms with E-state index in [0.717, 1.165) is 11.3 Å². The van der Waals surface area contributed by atoms with Crippen molar-refractivity contribution in [3.05, 3.63) is 51.8 Å². The topological polar surface area (TPSA) is 46.1 Å². The minimum Gasteiger partial charge on any atom is -0.306 e. The van der Waals surface area contributed by atoms with Crippen molar-refractivity contribution in [3.8, 4) is 0 Å². The number of hydrogen-bond donors (Lipinski definition) is 0. The number of carbonyl (C=O) groups excluding carboxylic acids is 1. The smallest absolute Gasteiger partial charge is 0.231 e. The molecule has 0 saturated heterocycles. The maximum Gasteiger partial charge on any atom is 0.231 e. The first kappa shape index (κ1) is 12.4. The van der Waals surface area contributed by atoms with Crippen molar-refractivity contribution in [3.63, 3.8) is 0 Å². The highest BCUT2D eigenvalue weighted by atomic mass is 35.5. The maximum atomic E-state index is 12.0. The van der Waals surface area contributed by atoms with Crippen LogP contribution in [0.1, 0.15) is 11.3 Å². The largest absolute Gasteiger partial charge is 0.306 e. The zero-order valence-corrected chi connectivity index (χ0v) is 11.3. The van der Waals surface area contributed by atoms with Gasteiger partial charge in [0.25, 0.3) is 0 Å². The van der Waals surface area contributed by atoms with E-state index in [-0.39, 0.29) is 5.91 Å². The summed E-state index contributed by atoms with van der Waals surface area (Å²) in [4.78, 5) is 13.7. The Morgan fingerprint density at radius 2 is 2.00 bits per heavy atom. The van der Waals surface area contributed by atoms with Gasteiger partial charge < -0.3 is 4.90 Å². The lowest BCUT2D eigenvalue weighted by atomic mass is 10.2. The summed E-state index contributed by atoms with van der Waals surface area (Å²) in [6.45, 7) is 0.371. The Morgan fingerprint density at radius 1 is 1.16 bits per heavy atom. The molecule has 1 aliphatic heterocycles. The fraction of sp³-hybridized carbons (Fsp3) is 0.154. The van der Waals surface area contributed by atoms with Gasteiger partial charge in [-0.25, -0.2) is 0 Å². The number of benzene rings is 1. The van der Waals surface area contributed by atoms with E-state index in [2.05, 4.69) is 10.2 Å². The van der Waals surface area contributed by atoms with E-state index in [0.29, 0.717) is 28.8 Å². The summed E-state index contributed by atoms with van der Waals surface area (Å²) in [5, 5.41) is 8.68. The second-order valence-electron chi connectivity index (χ2n) is 4.28. The van der Waals surface area contributed by atoms with Crippen molar-refractivity contribution in [1.82, 2.24) is 10.2 Å². The van der Waals surface area contributed by atoms with Crippen LogP contribution >= 0.6 is 23.2 Å². The highest BCUT2D eigenvalue weighted by Gasteiger charge is 2.27. The Labute approximate surface area is 120 Å². The summed E-state index contributed by atoms with van der Waals surface area (Å²) in [6.07, 6.45) is 0.396. The Balaban J connectivity index is 1.91. The van der Waals surface area contributed by atoms with E-state index in [4.69, 9.17) is 23.2 Å². The van der Waals surface area contributed by atoms with Crippen LogP contribution in [0.25, 0.3) is 0 Å². The van der Waals surface area contributed by atoms with Gasteiger partial charge in [0.15, 0.2) is 5.15 Å². The number of rotatable bonds is 2. The predicted molar refractivity (Wildman–Crippen MR) is 73.4 cm³/mol. The van der Waals surface area contributed by atoms with E-state index >= 15 is 0 Å². The third-order valence-corrected chi connectivity index (χ3v) is 3.42. The Morgan fingerprint density at radius 3 is 2.74 bits per heavy atom. The standard InChI is InChI=1S/C13H9Cl2N3O/c14-9-2-1-8-5-13(19)18(11(8)6-9)7-10-3-4-12(15)17-16-10/h1-4,6H,5,7H2. The van der Waals surface area contributed by atoms with Gasteiger partial charge in [-0.15, -0.1) is 5.10 Å². The van der Waals surface area contributed by atoms with Gasteiger partial charge in [-0.1, -0.05) is 29.3 Å². The monoisotopic (exact) mass is 293 g/mol. The molecule has 4 nitrogen and oxygen atoms in total. The van der Waals surface area contributed by atoms with E-state index in [1.54, 1.807) is 29.2 Å². The van der Waals surface area contributed by atoms with Crippen molar-refractivity contribution in [2.75, 3.05) is 4.90 Å². The molecule has 2 aromatic rings. The van der Waals surface area contributed by atoms with Gasteiger partial charge in [-0.3, -0.25) is 4.79 Å². The van der Waals surface area contributed by atoms with E-state index in [1.165, 1.54) is 0 Å². The molecular formula is C13H9Cl2N3O. The predicted octanol–water partition coefficient (Wildman–Crippen LogP) is 2.87. The van der Waals surface area contributed by atoms with Crippen LogP contribution in [0.4, 0.5) is 5.69 Å². The van der Waals surface area contributed by atoms with Crippen molar-refractivity contribution < 1.29 is 4.79 Å². The average Bonchev–Trinajstić information content (AvgIpc) is 2.69. The molecule has 0 bridgehead atoms. The normalized spacial score (nSPS) is 13.8.